The van der Waals surface area contributed by atoms with Gasteiger partial charge in [0, 0.05) is 5.02 Å². The Morgan fingerprint density at radius 3 is 1.93 bits per heavy atom. The Labute approximate surface area is 171 Å². The molecule has 0 heterocycles. The highest BCUT2D eigenvalue weighted by molar-refractivity contribution is 6.31. The minimum Gasteiger partial charge on any atom is -0.0843 e. The van der Waals surface area contributed by atoms with E-state index < -0.39 is 0 Å². The lowest BCUT2D eigenvalue weighted by atomic mass is 9.82. The molecule has 0 aliphatic heterocycles. The van der Waals surface area contributed by atoms with Gasteiger partial charge in [0.2, 0.25) is 0 Å². The number of hydrogen-bond acceptors (Lipinski definition) is 0. The largest absolute Gasteiger partial charge is 0.0843 e. The van der Waals surface area contributed by atoms with Crippen molar-refractivity contribution < 1.29 is 0 Å². The fourth-order valence-corrected chi connectivity index (χ4v) is 4.64. The topological polar surface area (TPSA) is 0 Å². The summed E-state index contributed by atoms with van der Waals surface area (Å²) in [5.41, 5.74) is 5.24. The molecular weight excluding hydrogens is 360 g/mol. The molecule has 28 heavy (non-hydrogen) atoms. The van der Waals surface area contributed by atoms with Gasteiger partial charge < -0.3 is 0 Å². The van der Waals surface area contributed by atoms with Crippen LogP contribution in [0.25, 0.3) is 43.4 Å². The average molecular weight is 383 g/mol. The van der Waals surface area contributed by atoms with E-state index in [1.165, 1.54) is 54.6 Å². The number of aryl methyl sites for hydroxylation is 1. The van der Waals surface area contributed by atoms with E-state index in [4.69, 9.17) is 11.6 Å². The summed E-state index contributed by atoms with van der Waals surface area (Å²) in [7, 11) is 0. The molecule has 0 fully saturated rings. The van der Waals surface area contributed by atoms with Gasteiger partial charge in [0.15, 0.2) is 0 Å². The van der Waals surface area contributed by atoms with E-state index in [2.05, 4.69) is 82.3 Å². The second-order valence-corrected chi connectivity index (χ2v) is 9.33. The third-order valence-corrected chi connectivity index (χ3v) is 6.18. The van der Waals surface area contributed by atoms with Gasteiger partial charge in [-0.15, -0.1) is 0 Å². The Kier molecular flexibility index (Phi) is 3.73. The zero-order chi connectivity index (χ0) is 19.6. The first-order chi connectivity index (χ1) is 13.3. The Morgan fingerprint density at radius 1 is 0.643 bits per heavy atom. The van der Waals surface area contributed by atoms with Gasteiger partial charge >= 0.3 is 0 Å². The van der Waals surface area contributed by atoms with Crippen molar-refractivity contribution in [3.63, 3.8) is 0 Å². The zero-order valence-electron chi connectivity index (χ0n) is 16.7. The van der Waals surface area contributed by atoms with Crippen LogP contribution in [-0.2, 0) is 5.41 Å². The van der Waals surface area contributed by atoms with Crippen molar-refractivity contribution in [2.45, 2.75) is 33.1 Å². The van der Waals surface area contributed by atoms with E-state index in [1.54, 1.807) is 0 Å². The Hall–Kier alpha value is -2.57. The molecule has 0 aromatic heterocycles. The van der Waals surface area contributed by atoms with Crippen molar-refractivity contribution in [3.05, 3.63) is 82.9 Å². The Bertz CT molecular complexity index is 1330. The van der Waals surface area contributed by atoms with Gasteiger partial charge in [-0.2, -0.15) is 0 Å². The van der Waals surface area contributed by atoms with Crippen molar-refractivity contribution >= 4 is 43.9 Å². The molecule has 0 amide bonds. The summed E-state index contributed by atoms with van der Waals surface area (Å²) >= 11 is 6.20. The van der Waals surface area contributed by atoms with Crippen molar-refractivity contribution in [2.24, 2.45) is 0 Å². The van der Waals surface area contributed by atoms with Crippen LogP contribution in [0.3, 0.4) is 0 Å². The second-order valence-electron chi connectivity index (χ2n) is 8.90. The highest BCUT2D eigenvalue weighted by Gasteiger charge is 2.18. The molecule has 5 aromatic rings. The SMILES string of the molecule is Cc1cc(Cl)ccc1-c1ccc2ccc3cc(C(C)(C)C)cc4ccc1c2c34. The van der Waals surface area contributed by atoms with Crippen LogP contribution in [0.15, 0.2) is 66.7 Å². The number of benzene rings is 5. The van der Waals surface area contributed by atoms with Crippen molar-refractivity contribution in [3.8, 4) is 11.1 Å². The molecule has 0 bridgehead atoms. The molecule has 138 valence electrons. The van der Waals surface area contributed by atoms with Crippen LogP contribution in [0.5, 0.6) is 0 Å². The molecule has 0 unspecified atom stereocenters. The molecule has 0 atom stereocenters. The molecule has 0 aliphatic carbocycles. The summed E-state index contributed by atoms with van der Waals surface area (Å²) in [5.74, 6) is 0. The highest BCUT2D eigenvalue weighted by Crippen LogP contribution is 2.41. The highest BCUT2D eigenvalue weighted by atomic mass is 35.5. The molecule has 0 N–H and O–H groups in total. The fourth-order valence-electron chi connectivity index (χ4n) is 4.42. The van der Waals surface area contributed by atoms with Crippen molar-refractivity contribution in [1.29, 1.82) is 0 Å². The number of rotatable bonds is 1. The fraction of sp³-hybridized carbons (Fsp3) is 0.185. The predicted molar refractivity (Wildman–Crippen MR) is 124 cm³/mol. The van der Waals surface area contributed by atoms with Gasteiger partial charge in [-0.05, 0) is 79.0 Å². The quantitative estimate of drug-likeness (QED) is 0.255. The van der Waals surface area contributed by atoms with Crippen LogP contribution >= 0.6 is 11.6 Å². The molecular formula is C27H23Cl. The van der Waals surface area contributed by atoms with E-state index in [1.807, 2.05) is 12.1 Å². The zero-order valence-corrected chi connectivity index (χ0v) is 17.5. The Morgan fingerprint density at radius 2 is 1.25 bits per heavy atom. The summed E-state index contributed by atoms with van der Waals surface area (Å²) in [6, 6.07) is 24.5. The van der Waals surface area contributed by atoms with E-state index in [0.29, 0.717) is 0 Å². The molecule has 0 saturated carbocycles. The molecule has 0 aliphatic rings. The average Bonchev–Trinajstić information content (AvgIpc) is 2.65. The van der Waals surface area contributed by atoms with Crippen LogP contribution in [0, 0.1) is 6.92 Å². The number of halogens is 1. The van der Waals surface area contributed by atoms with Gasteiger partial charge in [0.1, 0.15) is 0 Å². The summed E-state index contributed by atoms with van der Waals surface area (Å²) < 4.78 is 0. The maximum Gasteiger partial charge on any atom is 0.0409 e. The summed E-state index contributed by atoms with van der Waals surface area (Å²) in [4.78, 5) is 0. The minimum atomic E-state index is 0.135. The van der Waals surface area contributed by atoms with Gasteiger partial charge in [-0.3, -0.25) is 0 Å². The summed E-state index contributed by atoms with van der Waals surface area (Å²) in [5, 5.41) is 8.78. The van der Waals surface area contributed by atoms with E-state index in [-0.39, 0.29) is 5.41 Å². The monoisotopic (exact) mass is 382 g/mol. The molecule has 1 heteroatoms. The predicted octanol–water partition coefficient (Wildman–Crippen LogP) is 8.51. The van der Waals surface area contributed by atoms with Gasteiger partial charge in [-0.25, -0.2) is 0 Å². The maximum atomic E-state index is 6.20. The molecule has 5 aromatic carbocycles. The first kappa shape index (κ1) is 17.5. The second kappa shape index (κ2) is 5.96. The third-order valence-electron chi connectivity index (χ3n) is 5.94. The maximum absolute atomic E-state index is 6.20. The lowest BCUT2D eigenvalue weighted by Gasteiger charge is -2.22. The first-order valence-corrected chi connectivity index (χ1v) is 10.2. The first-order valence-electron chi connectivity index (χ1n) is 9.81. The minimum absolute atomic E-state index is 0.135. The van der Waals surface area contributed by atoms with E-state index in [0.717, 1.165) is 5.02 Å². The molecule has 5 rings (SSSR count). The lowest BCUT2D eigenvalue weighted by molar-refractivity contribution is 0.591. The Balaban J connectivity index is 1.90. The van der Waals surface area contributed by atoms with Gasteiger partial charge in [-0.1, -0.05) is 87.0 Å². The number of hydrogen-bond donors (Lipinski definition) is 0. The van der Waals surface area contributed by atoms with Gasteiger partial charge in [0.05, 0.1) is 0 Å². The van der Waals surface area contributed by atoms with Crippen LogP contribution in [-0.4, -0.2) is 0 Å². The summed E-state index contributed by atoms with van der Waals surface area (Å²) in [6.45, 7) is 8.97. The third kappa shape index (κ3) is 2.59. The normalized spacial score (nSPS) is 12.5. The van der Waals surface area contributed by atoms with Crippen molar-refractivity contribution in [2.75, 3.05) is 0 Å². The van der Waals surface area contributed by atoms with Crippen LogP contribution < -0.4 is 0 Å². The van der Waals surface area contributed by atoms with Crippen LogP contribution in [0.2, 0.25) is 5.02 Å². The summed E-state index contributed by atoms with van der Waals surface area (Å²) in [6.07, 6.45) is 0. The smallest absolute Gasteiger partial charge is 0.0409 e. The molecule has 0 saturated heterocycles. The van der Waals surface area contributed by atoms with E-state index in [9.17, 15) is 0 Å². The van der Waals surface area contributed by atoms with Gasteiger partial charge in [0.25, 0.3) is 0 Å². The molecule has 0 spiro atoms. The standard InChI is InChI=1S/C27H23Cl/c1-16-13-21(28)9-12-22(16)23-10-7-17-5-6-18-14-20(27(2,3)4)15-19-8-11-24(23)26(17)25(18)19/h5-15H,1-4H3. The molecule has 0 radical (unpaired) electrons. The van der Waals surface area contributed by atoms with Crippen LogP contribution in [0.4, 0.5) is 0 Å². The van der Waals surface area contributed by atoms with Crippen LogP contribution in [0.1, 0.15) is 31.9 Å². The lowest BCUT2D eigenvalue weighted by Crippen LogP contribution is -2.10. The van der Waals surface area contributed by atoms with E-state index >= 15 is 0 Å². The van der Waals surface area contributed by atoms with Crippen molar-refractivity contribution in [1.82, 2.24) is 0 Å². The molecule has 0 nitrogen and oxygen atoms in total.